The molecule has 3 aromatic rings. The Morgan fingerprint density at radius 3 is 2.35 bits per heavy atom. The Kier molecular flexibility index (Phi) is 9.60. The highest BCUT2D eigenvalue weighted by Gasteiger charge is 2.30. The fourth-order valence-electron chi connectivity index (χ4n) is 3.38. The summed E-state index contributed by atoms with van der Waals surface area (Å²) >= 11 is 24.2. The van der Waals surface area contributed by atoms with Crippen LogP contribution in [0.3, 0.4) is 0 Å². The van der Waals surface area contributed by atoms with Crippen molar-refractivity contribution in [3.05, 3.63) is 52.6 Å². The number of carbonyl (C=O) groups is 2. The summed E-state index contributed by atoms with van der Waals surface area (Å²) in [6.45, 7) is 1.20. The van der Waals surface area contributed by atoms with Crippen LogP contribution in [0, 0.1) is 0 Å². The molecule has 1 aromatic carbocycles. The van der Waals surface area contributed by atoms with Gasteiger partial charge >= 0.3 is 0 Å². The highest BCUT2D eigenvalue weighted by molar-refractivity contribution is 7.91. The Morgan fingerprint density at radius 1 is 1.11 bits per heavy atom. The topological polar surface area (TPSA) is 136 Å². The normalized spacial score (nSPS) is 13.4. The van der Waals surface area contributed by atoms with Gasteiger partial charge in [-0.1, -0.05) is 57.6 Å². The van der Waals surface area contributed by atoms with Gasteiger partial charge < -0.3 is 15.2 Å². The van der Waals surface area contributed by atoms with Crippen molar-refractivity contribution < 1.29 is 22.5 Å². The predicted octanol–water partition coefficient (Wildman–Crippen LogP) is 4.57. The second-order valence-electron chi connectivity index (χ2n) is 8.14. The van der Waals surface area contributed by atoms with E-state index in [1.54, 1.807) is 24.3 Å². The molecule has 0 aliphatic rings. The second kappa shape index (κ2) is 12.1. The number of rotatable bonds is 10. The minimum Gasteiger partial charge on any atom is -0.354 e. The summed E-state index contributed by atoms with van der Waals surface area (Å²) in [4.78, 5) is 29.4. The van der Waals surface area contributed by atoms with Crippen molar-refractivity contribution >= 4 is 73.6 Å². The Bertz CT molecular complexity index is 1390. The molecule has 3 rings (SSSR count). The van der Waals surface area contributed by atoms with E-state index in [4.69, 9.17) is 56.7 Å². The molecule has 0 spiro atoms. The Labute approximate surface area is 233 Å². The summed E-state index contributed by atoms with van der Waals surface area (Å²) in [5.74, 6) is -0.977. The molecule has 9 nitrogen and oxygen atoms in total. The molecule has 0 bridgehead atoms. The van der Waals surface area contributed by atoms with E-state index in [0.717, 1.165) is 6.26 Å². The maximum absolute atomic E-state index is 12.8. The first-order valence-electron chi connectivity index (χ1n) is 10.8. The van der Waals surface area contributed by atoms with Gasteiger partial charge in [0.05, 0.1) is 21.3 Å². The SMILES string of the molecule is C[C@H](C(N)C(=O)CCN(C(=O)C(Cl)Cl)c1ccnc(-c2cc(-c3c(Cl)cccc3Cl)no2)c1)S(C)(=O)=O. The minimum absolute atomic E-state index is 0.155. The average molecular weight is 608 g/mol. The van der Waals surface area contributed by atoms with E-state index in [9.17, 15) is 18.0 Å². The van der Waals surface area contributed by atoms with Gasteiger partial charge in [0, 0.05) is 42.7 Å². The fraction of sp³-hybridized carbons (Fsp3) is 0.304. The molecule has 0 aliphatic heterocycles. The van der Waals surface area contributed by atoms with Crippen LogP contribution in [-0.2, 0) is 19.4 Å². The van der Waals surface area contributed by atoms with Crippen molar-refractivity contribution in [3.8, 4) is 22.7 Å². The molecule has 0 aliphatic carbocycles. The van der Waals surface area contributed by atoms with E-state index in [0.29, 0.717) is 32.7 Å². The molecule has 0 saturated carbocycles. The van der Waals surface area contributed by atoms with Crippen LogP contribution in [0.2, 0.25) is 10.0 Å². The first-order valence-corrected chi connectivity index (χ1v) is 14.3. The van der Waals surface area contributed by atoms with Crippen molar-refractivity contribution in [2.75, 3.05) is 17.7 Å². The number of ketones is 1. The van der Waals surface area contributed by atoms with Gasteiger partial charge in [-0.25, -0.2) is 8.42 Å². The number of anilines is 1. The van der Waals surface area contributed by atoms with Gasteiger partial charge in [-0.3, -0.25) is 14.6 Å². The van der Waals surface area contributed by atoms with E-state index in [1.807, 2.05) is 0 Å². The standard InChI is InChI=1S/C23H22Cl4N4O5S/c1-12(37(2,34)35)21(28)18(32)7-9-31(23(33)22(26)27)13-6-8-29-16(10-13)19-11-17(30-36-19)20-14(24)4-3-5-15(20)25/h3-6,8,10-12,21-22H,7,9,28H2,1-2H3/t12-,21?/m1/s1. The summed E-state index contributed by atoms with van der Waals surface area (Å²) in [5, 5.41) is 3.70. The number of nitrogens with two attached hydrogens (primary N) is 1. The highest BCUT2D eigenvalue weighted by Crippen LogP contribution is 2.36. The number of benzene rings is 1. The maximum Gasteiger partial charge on any atom is 0.260 e. The molecular weight excluding hydrogens is 586 g/mol. The van der Waals surface area contributed by atoms with Crippen LogP contribution in [0.5, 0.6) is 0 Å². The van der Waals surface area contributed by atoms with Crippen LogP contribution in [0.15, 0.2) is 47.1 Å². The van der Waals surface area contributed by atoms with Crippen LogP contribution in [0.4, 0.5) is 5.69 Å². The van der Waals surface area contributed by atoms with Crippen molar-refractivity contribution in [1.82, 2.24) is 10.1 Å². The third-order valence-electron chi connectivity index (χ3n) is 5.62. The molecule has 14 heteroatoms. The number of amides is 1. The van der Waals surface area contributed by atoms with Gasteiger partial charge in [0.25, 0.3) is 5.91 Å². The third-order valence-corrected chi connectivity index (χ3v) is 8.27. The number of aromatic nitrogens is 2. The van der Waals surface area contributed by atoms with E-state index in [1.165, 1.54) is 30.2 Å². The predicted molar refractivity (Wildman–Crippen MR) is 145 cm³/mol. The summed E-state index contributed by atoms with van der Waals surface area (Å²) in [6.07, 6.45) is 2.19. The largest absolute Gasteiger partial charge is 0.354 e. The van der Waals surface area contributed by atoms with E-state index in [-0.39, 0.29) is 18.7 Å². The first kappa shape index (κ1) is 29.3. The maximum atomic E-state index is 12.8. The number of sulfone groups is 1. The number of hydrogen-bond acceptors (Lipinski definition) is 8. The van der Waals surface area contributed by atoms with Crippen molar-refractivity contribution in [1.29, 1.82) is 0 Å². The summed E-state index contributed by atoms with van der Waals surface area (Å²) < 4.78 is 29.0. The van der Waals surface area contributed by atoms with Crippen LogP contribution in [-0.4, -0.2) is 59.2 Å². The molecule has 0 saturated heterocycles. The minimum atomic E-state index is -3.54. The molecule has 2 heterocycles. The second-order valence-corrected chi connectivity index (χ2v) is 12.5. The highest BCUT2D eigenvalue weighted by atomic mass is 35.5. The van der Waals surface area contributed by atoms with Crippen molar-refractivity contribution in [2.24, 2.45) is 5.73 Å². The summed E-state index contributed by atoms with van der Waals surface area (Å²) in [6, 6.07) is 8.40. The van der Waals surface area contributed by atoms with Gasteiger partial charge in [-0.2, -0.15) is 0 Å². The first-order chi connectivity index (χ1) is 17.3. The Balaban J connectivity index is 1.88. The smallest absolute Gasteiger partial charge is 0.260 e. The van der Waals surface area contributed by atoms with Crippen molar-refractivity contribution in [3.63, 3.8) is 0 Å². The van der Waals surface area contributed by atoms with Gasteiger partial charge in [-0.15, -0.1) is 0 Å². The lowest BCUT2D eigenvalue weighted by molar-refractivity contribution is -0.120. The lowest BCUT2D eigenvalue weighted by Gasteiger charge is -2.24. The zero-order chi connectivity index (χ0) is 27.5. The van der Waals surface area contributed by atoms with Crippen LogP contribution in [0.1, 0.15) is 13.3 Å². The van der Waals surface area contributed by atoms with E-state index < -0.39 is 37.7 Å². The van der Waals surface area contributed by atoms with Gasteiger partial charge in [0.15, 0.2) is 26.2 Å². The van der Waals surface area contributed by atoms with Crippen molar-refractivity contribution in [2.45, 2.75) is 29.5 Å². The fourth-order valence-corrected chi connectivity index (χ4v) is 4.89. The third kappa shape index (κ3) is 7.01. The molecular formula is C23H22Cl4N4O5S. The Hall–Kier alpha value is -2.21. The van der Waals surface area contributed by atoms with Gasteiger partial charge in [0.1, 0.15) is 11.4 Å². The molecule has 1 unspecified atom stereocenters. The number of pyridine rings is 1. The number of nitrogens with zero attached hydrogens (tertiary/aromatic N) is 3. The van der Waals surface area contributed by atoms with Crippen LogP contribution < -0.4 is 10.6 Å². The lowest BCUT2D eigenvalue weighted by atomic mass is 10.1. The lowest BCUT2D eigenvalue weighted by Crippen LogP contribution is -2.46. The molecule has 2 atom stereocenters. The molecule has 0 radical (unpaired) electrons. The zero-order valence-corrected chi connectivity index (χ0v) is 23.4. The molecule has 2 N–H and O–H groups in total. The van der Waals surface area contributed by atoms with Gasteiger partial charge in [0.2, 0.25) is 0 Å². The summed E-state index contributed by atoms with van der Waals surface area (Å²) in [5.41, 5.74) is 7.34. The molecule has 0 fully saturated rings. The van der Waals surface area contributed by atoms with E-state index >= 15 is 0 Å². The number of carbonyl (C=O) groups excluding carboxylic acids is 2. The zero-order valence-electron chi connectivity index (χ0n) is 19.6. The number of halogens is 4. The number of alkyl halides is 2. The monoisotopic (exact) mass is 606 g/mol. The quantitative estimate of drug-likeness (QED) is 0.331. The van der Waals surface area contributed by atoms with Crippen LogP contribution >= 0.6 is 46.4 Å². The molecule has 198 valence electrons. The molecule has 1 amide bonds. The van der Waals surface area contributed by atoms with Crippen LogP contribution in [0.25, 0.3) is 22.7 Å². The summed E-state index contributed by atoms with van der Waals surface area (Å²) in [7, 11) is -3.54. The average Bonchev–Trinajstić information content (AvgIpc) is 3.32. The molecule has 2 aromatic heterocycles. The van der Waals surface area contributed by atoms with Gasteiger partial charge in [-0.05, 0) is 31.2 Å². The number of Topliss-reactive ketones (excluding diaryl/α,β-unsaturated/α-hetero) is 1. The molecule has 37 heavy (non-hydrogen) atoms. The van der Waals surface area contributed by atoms with E-state index in [2.05, 4.69) is 10.1 Å². The Morgan fingerprint density at radius 2 is 1.76 bits per heavy atom. The number of hydrogen-bond donors (Lipinski definition) is 1.